The van der Waals surface area contributed by atoms with Crippen LogP contribution in [0.1, 0.15) is 65.7 Å². The summed E-state index contributed by atoms with van der Waals surface area (Å²) in [4.78, 5) is 26.8. The maximum atomic E-state index is 12.7. The highest BCUT2D eigenvalue weighted by Crippen LogP contribution is 2.37. The largest absolute Gasteiger partial charge is 0.398 e. The number of carbonyl (C=O) groups excluding carboxylic acids is 1. The third kappa shape index (κ3) is 6.73. The Morgan fingerprint density at radius 3 is 2.47 bits per heavy atom. The zero-order chi connectivity index (χ0) is 30.2. The predicted molar refractivity (Wildman–Crippen MR) is 180 cm³/mol. The molecule has 0 bridgehead atoms. The maximum absolute atomic E-state index is 12.7. The molecule has 7 nitrogen and oxygen atoms in total. The number of nitrogens with two attached hydrogens (primary N) is 1. The number of hydrogen-bond donors (Lipinski definition) is 3. The number of nitrogen functional groups attached to an aromatic ring is 1. The van der Waals surface area contributed by atoms with Crippen LogP contribution >= 0.6 is 12.2 Å². The second kappa shape index (κ2) is 14.0. The van der Waals surface area contributed by atoms with Crippen molar-refractivity contribution in [2.45, 2.75) is 46.0 Å². The molecule has 6 rings (SSSR count). The third-order valence-corrected chi connectivity index (χ3v) is 7.87. The lowest BCUT2D eigenvalue weighted by atomic mass is 9.90. The van der Waals surface area contributed by atoms with Gasteiger partial charge in [-0.15, -0.1) is 0 Å². The number of rotatable bonds is 5. The van der Waals surface area contributed by atoms with Crippen LogP contribution in [0.5, 0.6) is 0 Å². The Labute approximate surface area is 258 Å². The molecule has 2 aromatic heterocycles. The number of amides is 1. The average molecular weight is 589 g/mol. The molecule has 0 spiro atoms. The van der Waals surface area contributed by atoms with Crippen LogP contribution in [0.25, 0.3) is 22.2 Å². The van der Waals surface area contributed by atoms with Crippen molar-refractivity contribution in [3.8, 4) is 23.1 Å². The van der Waals surface area contributed by atoms with Gasteiger partial charge in [0.05, 0.1) is 29.2 Å². The van der Waals surface area contributed by atoms with Crippen molar-refractivity contribution >= 4 is 45.4 Å². The van der Waals surface area contributed by atoms with Crippen molar-refractivity contribution in [2.24, 2.45) is 4.99 Å². The third-order valence-electron chi connectivity index (χ3n) is 7.56. The minimum atomic E-state index is -0.125. The van der Waals surface area contributed by atoms with Gasteiger partial charge in [-0.25, -0.2) is 4.98 Å². The van der Waals surface area contributed by atoms with Gasteiger partial charge in [-0.2, -0.15) is 0 Å². The Balaban J connectivity index is 0.00000180. The summed E-state index contributed by atoms with van der Waals surface area (Å²) >= 11 is 5.85. The fraction of sp³-hybridized carbons (Fsp3) is 0.286. The number of aromatic nitrogens is 2. The second-order valence-corrected chi connectivity index (χ2v) is 10.6. The number of nitrogens with one attached hydrogen (secondary N) is 2. The van der Waals surface area contributed by atoms with Crippen molar-refractivity contribution in [3.63, 3.8) is 0 Å². The first-order valence-electron chi connectivity index (χ1n) is 14.9. The van der Waals surface area contributed by atoms with E-state index in [1.54, 1.807) is 12.4 Å². The van der Waals surface area contributed by atoms with E-state index in [0.29, 0.717) is 22.7 Å². The molecule has 4 N–H and O–H groups in total. The van der Waals surface area contributed by atoms with Crippen LogP contribution in [0, 0.1) is 11.8 Å². The molecule has 1 amide bonds. The molecule has 0 atom stereocenters. The molecule has 8 heteroatoms. The van der Waals surface area contributed by atoms with Crippen LogP contribution < -0.4 is 16.4 Å². The lowest BCUT2D eigenvalue weighted by molar-refractivity contribution is 0.0959. The van der Waals surface area contributed by atoms with E-state index >= 15 is 0 Å². The summed E-state index contributed by atoms with van der Waals surface area (Å²) in [6.45, 7) is 5.98. The number of amidine groups is 1. The molecule has 2 aromatic carbocycles. The van der Waals surface area contributed by atoms with Gasteiger partial charge >= 0.3 is 0 Å². The summed E-state index contributed by atoms with van der Waals surface area (Å²) in [7, 11) is 0. The highest BCUT2D eigenvalue weighted by Gasteiger charge is 2.22. The maximum Gasteiger partial charge on any atom is 0.251 e. The van der Waals surface area contributed by atoms with E-state index in [-0.39, 0.29) is 5.91 Å². The van der Waals surface area contributed by atoms with Gasteiger partial charge in [-0.1, -0.05) is 50.5 Å². The lowest BCUT2D eigenvalue weighted by Crippen LogP contribution is -2.34. The first-order valence-corrected chi connectivity index (χ1v) is 15.4. The van der Waals surface area contributed by atoms with Gasteiger partial charge in [0.15, 0.2) is 0 Å². The standard InChI is InChI=1S/C33H30N6OS.C2H6/c34-26-11-12-27-30(31(26)28(41)13-6-21-14-16-35-17-15-21)24-4-2-1-3-5-25(24)32(39-27)22-7-9-23(10-8-22)33(40)38-20-29-36-18-19-37-29;1-2/h7-12,14-17H,1-5,18-20,34H2,(H,36,37)(H,38,40);1-2H3. The molecule has 43 heavy (non-hydrogen) atoms. The number of anilines is 1. The lowest BCUT2D eigenvalue weighted by Gasteiger charge is -2.19. The van der Waals surface area contributed by atoms with E-state index in [9.17, 15) is 4.79 Å². The van der Waals surface area contributed by atoms with Crippen molar-refractivity contribution < 1.29 is 4.79 Å². The molecular weight excluding hydrogens is 552 g/mol. The fourth-order valence-corrected chi connectivity index (χ4v) is 5.81. The second-order valence-electron chi connectivity index (χ2n) is 10.2. The van der Waals surface area contributed by atoms with Crippen molar-refractivity contribution in [3.05, 3.63) is 88.7 Å². The summed E-state index contributed by atoms with van der Waals surface area (Å²) in [5.74, 6) is 7.01. The minimum absolute atomic E-state index is 0.125. The first kappa shape index (κ1) is 29.9. The topological polar surface area (TPSA) is 105 Å². The number of hydrogen-bond acceptors (Lipinski definition) is 7. The van der Waals surface area contributed by atoms with Crippen LogP contribution in [0.4, 0.5) is 5.69 Å². The van der Waals surface area contributed by atoms with Crippen molar-refractivity contribution in [1.29, 1.82) is 0 Å². The molecule has 0 fully saturated rings. The van der Waals surface area contributed by atoms with Gasteiger partial charge in [0.25, 0.3) is 5.91 Å². The van der Waals surface area contributed by atoms with Gasteiger partial charge in [-0.05, 0) is 79.1 Å². The molecule has 4 aromatic rings. The monoisotopic (exact) mass is 588 g/mol. The van der Waals surface area contributed by atoms with Crippen LogP contribution in [0.2, 0.25) is 0 Å². The molecule has 1 aliphatic heterocycles. The Hall–Kier alpha value is -4.61. The van der Waals surface area contributed by atoms with Gasteiger partial charge in [0.2, 0.25) is 0 Å². The SMILES string of the molecule is CC.Nc1ccc2nc(-c3ccc(C(=O)NCC4=NCCN4)cc3)c3c(c2c1C(=S)C#Cc1ccncc1)CCCCC3. The molecule has 218 valence electrons. The summed E-state index contributed by atoms with van der Waals surface area (Å²) < 4.78 is 0. The van der Waals surface area contributed by atoms with E-state index in [4.69, 9.17) is 22.9 Å². The van der Waals surface area contributed by atoms with Crippen molar-refractivity contribution in [1.82, 2.24) is 20.6 Å². The highest BCUT2D eigenvalue weighted by atomic mass is 32.1. The first-order chi connectivity index (χ1) is 21.1. The van der Waals surface area contributed by atoms with Gasteiger partial charge in [-0.3, -0.25) is 14.8 Å². The summed E-state index contributed by atoms with van der Waals surface area (Å²) in [5.41, 5.74) is 14.7. The highest BCUT2D eigenvalue weighted by molar-refractivity contribution is 7.81. The van der Waals surface area contributed by atoms with E-state index in [0.717, 1.165) is 84.3 Å². The van der Waals surface area contributed by atoms with Crippen molar-refractivity contribution in [2.75, 3.05) is 25.4 Å². The summed E-state index contributed by atoms with van der Waals surface area (Å²) in [6, 6.07) is 15.3. The van der Waals surface area contributed by atoms with Crippen LogP contribution in [-0.2, 0) is 12.8 Å². The Kier molecular flexibility index (Phi) is 9.75. The molecule has 0 saturated carbocycles. The number of aryl methyl sites for hydroxylation is 1. The molecule has 2 aliphatic rings. The van der Waals surface area contributed by atoms with Crippen LogP contribution in [0.3, 0.4) is 0 Å². The Bertz CT molecular complexity index is 1740. The van der Waals surface area contributed by atoms with Gasteiger partial charge < -0.3 is 16.4 Å². The molecule has 1 aliphatic carbocycles. The molecular formula is C35H36N6OS. The number of fused-ring (bicyclic) bond motifs is 3. The summed E-state index contributed by atoms with van der Waals surface area (Å²) in [6.07, 6.45) is 8.62. The average Bonchev–Trinajstić information content (AvgIpc) is 3.46. The number of aliphatic imine (C=N–C) groups is 1. The number of thiocarbonyl (C=S) groups is 1. The zero-order valence-corrected chi connectivity index (χ0v) is 25.5. The van der Waals surface area contributed by atoms with Crippen LogP contribution in [-0.4, -0.2) is 46.2 Å². The Morgan fingerprint density at radius 1 is 1.00 bits per heavy atom. The smallest absolute Gasteiger partial charge is 0.251 e. The number of benzene rings is 2. The number of pyridine rings is 2. The molecule has 3 heterocycles. The van der Waals surface area contributed by atoms with E-state index < -0.39 is 0 Å². The van der Waals surface area contributed by atoms with Gasteiger partial charge in [0, 0.05) is 52.3 Å². The van der Waals surface area contributed by atoms with Gasteiger partial charge in [0.1, 0.15) is 5.84 Å². The Morgan fingerprint density at radius 2 is 1.74 bits per heavy atom. The van der Waals surface area contributed by atoms with Crippen LogP contribution in [0.15, 0.2) is 65.9 Å². The normalized spacial score (nSPS) is 13.7. The fourth-order valence-electron chi connectivity index (χ4n) is 5.53. The predicted octanol–water partition coefficient (Wildman–Crippen LogP) is 5.68. The zero-order valence-electron chi connectivity index (χ0n) is 24.7. The molecule has 0 saturated heterocycles. The quantitative estimate of drug-likeness (QED) is 0.0912. The minimum Gasteiger partial charge on any atom is -0.398 e. The molecule has 0 unspecified atom stereocenters. The summed E-state index contributed by atoms with van der Waals surface area (Å²) in [5, 5.41) is 7.13. The number of nitrogens with zero attached hydrogens (tertiary/aromatic N) is 3. The van der Waals surface area contributed by atoms with E-state index in [2.05, 4.69) is 32.5 Å². The molecule has 0 radical (unpaired) electrons. The number of carbonyl (C=O) groups is 1. The van der Waals surface area contributed by atoms with E-state index in [1.807, 2.05) is 62.4 Å². The van der Waals surface area contributed by atoms with E-state index in [1.165, 1.54) is 11.1 Å².